The number of nitrogens with zero attached hydrogens (tertiary/aromatic N) is 1. The fraction of sp³-hybridized carbons (Fsp3) is 0.353. The van der Waals surface area contributed by atoms with Gasteiger partial charge in [-0.1, -0.05) is 36.4 Å². The SMILES string of the molecule is CC(CCc1ccccc1)N[C@@H](C)c1ccccn1. The number of pyridine rings is 1. The second-order valence-electron chi connectivity index (χ2n) is 5.07. The molecule has 0 fully saturated rings. The van der Waals surface area contributed by atoms with Crippen LogP contribution in [0.5, 0.6) is 0 Å². The van der Waals surface area contributed by atoms with Crippen molar-refractivity contribution < 1.29 is 0 Å². The molecule has 0 bridgehead atoms. The van der Waals surface area contributed by atoms with Crippen LogP contribution in [0.2, 0.25) is 0 Å². The average molecular weight is 254 g/mol. The van der Waals surface area contributed by atoms with Gasteiger partial charge in [-0.2, -0.15) is 0 Å². The molecule has 0 saturated carbocycles. The standard InChI is InChI=1S/C17H22N2/c1-14(11-12-16-8-4-3-5-9-16)19-15(2)17-10-6-7-13-18-17/h3-10,13-15,19H,11-12H2,1-2H3/t14?,15-/m0/s1. The van der Waals surface area contributed by atoms with Gasteiger partial charge in [0.1, 0.15) is 0 Å². The van der Waals surface area contributed by atoms with Crippen molar-refractivity contribution in [2.24, 2.45) is 0 Å². The average Bonchev–Trinajstić information content (AvgIpc) is 2.47. The molecule has 19 heavy (non-hydrogen) atoms. The van der Waals surface area contributed by atoms with Crippen LogP contribution in [0.1, 0.15) is 37.6 Å². The predicted molar refractivity (Wildman–Crippen MR) is 80.0 cm³/mol. The molecule has 0 aliphatic rings. The van der Waals surface area contributed by atoms with Gasteiger partial charge in [-0.05, 0) is 44.4 Å². The van der Waals surface area contributed by atoms with Crippen molar-refractivity contribution in [3.8, 4) is 0 Å². The Morgan fingerprint density at radius 1 is 1.00 bits per heavy atom. The van der Waals surface area contributed by atoms with E-state index < -0.39 is 0 Å². The number of hydrogen-bond donors (Lipinski definition) is 1. The van der Waals surface area contributed by atoms with Gasteiger partial charge in [-0.25, -0.2) is 0 Å². The van der Waals surface area contributed by atoms with Crippen molar-refractivity contribution in [1.82, 2.24) is 10.3 Å². The lowest BCUT2D eigenvalue weighted by atomic mass is 10.1. The Bertz CT molecular complexity index is 467. The van der Waals surface area contributed by atoms with E-state index in [2.05, 4.69) is 60.5 Å². The maximum Gasteiger partial charge on any atom is 0.0570 e. The van der Waals surface area contributed by atoms with Crippen LogP contribution < -0.4 is 5.32 Å². The first-order chi connectivity index (χ1) is 9.25. The van der Waals surface area contributed by atoms with E-state index in [4.69, 9.17) is 0 Å². The first-order valence-corrected chi connectivity index (χ1v) is 6.96. The van der Waals surface area contributed by atoms with E-state index in [9.17, 15) is 0 Å². The lowest BCUT2D eigenvalue weighted by Gasteiger charge is -2.19. The van der Waals surface area contributed by atoms with E-state index in [1.165, 1.54) is 5.56 Å². The van der Waals surface area contributed by atoms with Crippen LogP contribution in [0.3, 0.4) is 0 Å². The Hall–Kier alpha value is -1.67. The zero-order valence-corrected chi connectivity index (χ0v) is 11.7. The summed E-state index contributed by atoms with van der Waals surface area (Å²) in [7, 11) is 0. The van der Waals surface area contributed by atoms with Gasteiger partial charge in [-0.15, -0.1) is 0 Å². The van der Waals surface area contributed by atoms with Crippen molar-refractivity contribution in [3.05, 3.63) is 66.0 Å². The van der Waals surface area contributed by atoms with E-state index >= 15 is 0 Å². The van der Waals surface area contributed by atoms with Crippen LogP contribution in [0, 0.1) is 0 Å². The van der Waals surface area contributed by atoms with Crippen LogP contribution in [0.4, 0.5) is 0 Å². The normalized spacial score (nSPS) is 14.0. The van der Waals surface area contributed by atoms with E-state index in [1.54, 1.807) is 0 Å². The van der Waals surface area contributed by atoms with Gasteiger partial charge < -0.3 is 5.32 Å². The van der Waals surface area contributed by atoms with Gasteiger partial charge in [-0.3, -0.25) is 4.98 Å². The minimum absolute atomic E-state index is 0.298. The molecule has 2 heteroatoms. The molecule has 2 atom stereocenters. The Morgan fingerprint density at radius 3 is 2.42 bits per heavy atom. The largest absolute Gasteiger partial charge is 0.306 e. The summed E-state index contributed by atoms with van der Waals surface area (Å²) in [6.07, 6.45) is 4.10. The van der Waals surface area contributed by atoms with Gasteiger partial charge in [0.25, 0.3) is 0 Å². The maximum atomic E-state index is 4.39. The third kappa shape index (κ3) is 4.49. The summed E-state index contributed by atoms with van der Waals surface area (Å²) in [5.41, 5.74) is 2.51. The zero-order chi connectivity index (χ0) is 13.5. The molecule has 1 unspecified atom stereocenters. The fourth-order valence-corrected chi connectivity index (χ4v) is 2.26. The molecule has 1 heterocycles. The van der Waals surface area contributed by atoms with Crippen LogP contribution in [0.25, 0.3) is 0 Å². The van der Waals surface area contributed by atoms with E-state index in [1.807, 2.05) is 18.3 Å². The van der Waals surface area contributed by atoms with E-state index in [0.29, 0.717) is 12.1 Å². The lowest BCUT2D eigenvalue weighted by molar-refractivity contribution is 0.450. The molecule has 0 amide bonds. The molecule has 2 aromatic rings. The van der Waals surface area contributed by atoms with Gasteiger partial charge in [0.05, 0.1) is 5.69 Å². The zero-order valence-electron chi connectivity index (χ0n) is 11.7. The Balaban J connectivity index is 1.80. The smallest absolute Gasteiger partial charge is 0.0570 e. The Kier molecular flexibility index (Phi) is 5.10. The number of nitrogens with one attached hydrogen (secondary N) is 1. The van der Waals surface area contributed by atoms with Crippen LogP contribution in [-0.4, -0.2) is 11.0 Å². The van der Waals surface area contributed by atoms with Gasteiger partial charge in [0.15, 0.2) is 0 Å². The molecule has 100 valence electrons. The summed E-state index contributed by atoms with van der Waals surface area (Å²) in [5, 5.41) is 3.60. The van der Waals surface area contributed by atoms with E-state index in [-0.39, 0.29) is 0 Å². The van der Waals surface area contributed by atoms with Crippen molar-refractivity contribution in [2.75, 3.05) is 0 Å². The minimum Gasteiger partial charge on any atom is -0.306 e. The molecule has 0 aliphatic carbocycles. The van der Waals surface area contributed by atoms with Crippen molar-refractivity contribution in [1.29, 1.82) is 0 Å². The second kappa shape index (κ2) is 7.05. The highest BCUT2D eigenvalue weighted by Crippen LogP contribution is 2.11. The molecule has 1 N–H and O–H groups in total. The van der Waals surface area contributed by atoms with Gasteiger partial charge >= 0.3 is 0 Å². The number of aromatic nitrogens is 1. The summed E-state index contributed by atoms with van der Waals surface area (Å²) in [4.78, 5) is 4.39. The molecule has 0 radical (unpaired) electrons. The highest BCUT2D eigenvalue weighted by atomic mass is 15.0. The van der Waals surface area contributed by atoms with Gasteiger partial charge in [0.2, 0.25) is 0 Å². The number of hydrogen-bond acceptors (Lipinski definition) is 2. The first kappa shape index (κ1) is 13.8. The number of rotatable bonds is 6. The molecular formula is C17H22N2. The number of aryl methyl sites for hydroxylation is 1. The number of benzene rings is 1. The molecule has 0 spiro atoms. The Labute approximate surface area is 115 Å². The van der Waals surface area contributed by atoms with Crippen LogP contribution in [0.15, 0.2) is 54.7 Å². The predicted octanol–water partition coefficient (Wildman–Crippen LogP) is 3.75. The van der Waals surface area contributed by atoms with E-state index in [0.717, 1.165) is 18.5 Å². The quantitative estimate of drug-likeness (QED) is 0.849. The molecule has 1 aromatic carbocycles. The summed E-state index contributed by atoms with van der Waals surface area (Å²) in [6, 6.07) is 17.5. The second-order valence-corrected chi connectivity index (χ2v) is 5.07. The Morgan fingerprint density at radius 2 is 1.74 bits per heavy atom. The van der Waals surface area contributed by atoms with Crippen LogP contribution in [-0.2, 0) is 6.42 Å². The molecule has 0 saturated heterocycles. The summed E-state index contributed by atoms with van der Waals surface area (Å²) in [5.74, 6) is 0. The van der Waals surface area contributed by atoms with Crippen molar-refractivity contribution in [2.45, 2.75) is 38.8 Å². The van der Waals surface area contributed by atoms with Crippen LogP contribution >= 0.6 is 0 Å². The summed E-state index contributed by atoms with van der Waals surface area (Å²) < 4.78 is 0. The third-order valence-corrected chi connectivity index (χ3v) is 3.37. The fourth-order valence-electron chi connectivity index (χ4n) is 2.26. The maximum absolute atomic E-state index is 4.39. The monoisotopic (exact) mass is 254 g/mol. The lowest BCUT2D eigenvalue weighted by Crippen LogP contribution is -2.29. The first-order valence-electron chi connectivity index (χ1n) is 6.96. The summed E-state index contributed by atoms with van der Waals surface area (Å²) >= 11 is 0. The molecule has 2 rings (SSSR count). The molecule has 0 aliphatic heterocycles. The topological polar surface area (TPSA) is 24.9 Å². The molecule has 2 nitrogen and oxygen atoms in total. The van der Waals surface area contributed by atoms with Crippen molar-refractivity contribution in [3.63, 3.8) is 0 Å². The highest BCUT2D eigenvalue weighted by Gasteiger charge is 2.09. The molecule has 1 aromatic heterocycles. The molecular weight excluding hydrogens is 232 g/mol. The highest BCUT2D eigenvalue weighted by molar-refractivity contribution is 5.15. The van der Waals surface area contributed by atoms with Crippen molar-refractivity contribution >= 4 is 0 Å². The summed E-state index contributed by atoms with van der Waals surface area (Å²) in [6.45, 7) is 4.41. The third-order valence-electron chi connectivity index (χ3n) is 3.37. The minimum atomic E-state index is 0.298. The van der Waals surface area contributed by atoms with Gasteiger partial charge in [0, 0.05) is 18.3 Å².